The van der Waals surface area contributed by atoms with Gasteiger partial charge < -0.3 is 35.4 Å². The normalized spacial score (nSPS) is 8.81. The second kappa shape index (κ2) is 7.67. The number of hydrogen-bond donors (Lipinski definition) is 2. The van der Waals surface area contributed by atoms with E-state index in [9.17, 15) is 0 Å². The van der Waals surface area contributed by atoms with Crippen LogP contribution >= 0.6 is 22.7 Å². The van der Waals surface area contributed by atoms with Crippen LogP contribution in [0, 0.1) is 0 Å². The Kier molecular flexibility index (Phi) is 7.40. The van der Waals surface area contributed by atoms with Crippen LogP contribution < -0.4 is 35.4 Å². The van der Waals surface area contributed by atoms with Gasteiger partial charge in [-0.25, -0.2) is 9.97 Å². The Morgan fingerprint density at radius 3 is 2.62 bits per heavy atom. The molecule has 0 aliphatic rings. The van der Waals surface area contributed by atoms with E-state index in [0.29, 0.717) is 0 Å². The van der Waals surface area contributed by atoms with Crippen molar-refractivity contribution in [1.29, 1.82) is 0 Å². The molecule has 0 aliphatic heterocycles. The highest BCUT2D eigenvalue weighted by atomic mass is 35.5. The summed E-state index contributed by atoms with van der Waals surface area (Å²) in [6.07, 6.45) is 3.66. The highest BCUT2D eigenvalue weighted by Crippen LogP contribution is 2.19. The van der Waals surface area contributed by atoms with Gasteiger partial charge in [-0.1, -0.05) is 0 Å². The predicted molar refractivity (Wildman–Crippen MR) is 61.1 cm³/mol. The fraction of sp³-hybridized carbons (Fsp3) is 0.250. The van der Waals surface area contributed by atoms with Gasteiger partial charge in [0, 0.05) is 29.7 Å². The molecular formula is C8H10Cl2N4S2-2. The van der Waals surface area contributed by atoms with Crippen LogP contribution in [-0.2, 0) is 6.54 Å². The molecule has 2 heterocycles. The Labute approximate surface area is 114 Å². The highest BCUT2D eigenvalue weighted by molar-refractivity contribution is 7.15. The van der Waals surface area contributed by atoms with Crippen LogP contribution in [0.3, 0.4) is 0 Å². The number of thiazole rings is 2. The fourth-order valence-electron chi connectivity index (χ4n) is 0.978. The van der Waals surface area contributed by atoms with E-state index in [1.54, 1.807) is 28.9 Å². The molecule has 0 amide bonds. The van der Waals surface area contributed by atoms with Gasteiger partial charge in [0.1, 0.15) is 0 Å². The molecule has 4 nitrogen and oxygen atoms in total. The lowest BCUT2D eigenvalue weighted by Gasteiger charge is -1.97. The second-order valence-corrected chi connectivity index (χ2v) is 4.58. The van der Waals surface area contributed by atoms with E-state index in [-0.39, 0.29) is 24.8 Å². The molecule has 0 bridgehead atoms. The van der Waals surface area contributed by atoms with Crippen molar-refractivity contribution in [2.45, 2.75) is 6.54 Å². The zero-order valence-corrected chi connectivity index (χ0v) is 11.6. The molecule has 16 heavy (non-hydrogen) atoms. The third-order valence-electron chi connectivity index (χ3n) is 1.61. The second-order valence-electron chi connectivity index (χ2n) is 2.57. The third-order valence-corrected chi connectivity index (χ3v) is 3.36. The Hall–Kier alpha value is -0.560. The first-order valence-electron chi connectivity index (χ1n) is 4.14. The minimum absolute atomic E-state index is 0. The van der Waals surface area contributed by atoms with Crippen LogP contribution in [0.5, 0.6) is 0 Å². The van der Waals surface area contributed by atoms with Crippen molar-refractivity contribution in [3.8, 4) is 0 Å². The maximum Gasteiger partial charge on any atom is 0.182 e. The molecule has 0 saturated heterocycles. The zero-order chi connectivity index (χ0) is 9.80. The minimum atomic E-state index is 0. The van der Waals surface area contributed by atoms with Crippen molar-refractivity contribution in [3.63, 3.8) is 0 Å². The lowest BCUT2D eigenvalue weighted by molar-refractivity contribution is -0.00100. The van der Waals surface area contributed by atoms with E-state index in [4.69, 9.17) is 0 Å². The molecule has 2 N–H and O–H groups in total. The Balaban J connectivity index is 0.00000112. The van der Waals surface area contributed by atoms with E-state index in [1.807, 2.05) is 18.6 Å². The molecule has 0 aliphatic carbocycles. The molecule has 2 rings (SSSR count). The average molecular weight is 297 g/mol. The number of halogens is 2. The molecule has 0 fully saturated rings. The van der Waals surface area contributed by atoms with E-state index in [0.717, 1.165) is 16.8 Å². The summed E-state index contributed by atoms with van der Waals surface area (Å²) < 4.78 is 0. The summed E-state index contributed by atoms with van der Waals surface area (Å²) in [7, 11) is 1.87. The molecular weight excluding hydrogens is 287 g/mol. The van der Waals surface area contributed by atoms with Gasteiger partial charge in [0.25, 0.3) is 0 Å². The Morgan fingerprint density at radius 2 is 2.06 bits per heavy atom. The number of aromatic nitrogens is 2. The van der Waals surface area contributed by atoms with Crippen molar-refractivity contribution in [2.24, 2.45) is 0 Å². The number of hydrogen-bond acceptors (Lipinski definition) is 6. The van der Waals surface area contributed by atoms with Crippen LogP contribution in [0.15, 0.2) is 17.8 Å². The van der Waals surface area contributed by atoms with Gasteiger partial charge in [0.2, 0.25) is 0 Å². The standard InChI is InChI=1S/C8H10N4S2.2ClH/c1-9-7-11-4-6(14-7)5-12-8-10-2-3-13-8;;/h2-4H,5H2,1H3,(H,9,11)(H,10,12);2*1H/p-2. The third kappa shape index (κ3) is 4.13. The average Bonchev–Trinajstić information content (AvgIpc) is 2.86. The first-order chi connectivity index (χ1) is 6.88. The van der Waals surface area contributed by atoms with Crippen molar-refractivity contribution in [2.75, 3.05) is 17.7 Å². The number of nitrogens with one attached hydrogen (secondary N) is 2. The molecule has 0 spiro atoms. The van der Waals surface area contributed by atoms with Gasteiger partial charge in [-0.05, 0) is 0 Å². The summed E-state index contributed by atoms with van der Waals surface area (Å²) in [5, 5.41) is 10.1. The molecule has 2 aromatic heterocycles. The maximum atomic E-state index is 4.19. The summed E-state index contributed by atoms with van der Waals surface area (Å²) in [6.45, 7) is 0.785. The van der Waals surface area contributed by atoms with Crippen LogP contribution in [0.2, 0.25) is 0 Å². The van der Waals surface area contributed by atoms with E-state index in [2.05, 4.69) is 20.6 Å². The van der Waals surface area contributed by atoms with Crippen molar-refractivity contribution in [1.82, 2.24) is 9.97 Å². The lowest BCUT2D eigenvalue weighted by atomic mass is 10.5. The topological polar surface area (TPSA) is 49.8 Å². The quantitative estimate of drug-likeness (QED) is 0.609. The SMILES string of the molecule is CNc1ncc(CNc2nccs2)s1.[Cl-].[Cl-]. The van der Waals surface area contributed by atoms with Gasteiger partial charge in [0.15, 0.2) is 10.3 Å². The van der Waals surface area contributed by atoms with E-state index < -0.39 is 0 Å². The number of anilines is 2. The molecule has 2 aromatic rings. The summed E-state index contributed by atoms with van der Waals surface area (Å²) in [5.74, 6) is 0. The van der Waals surface area contributed by atoms with Crippen LogP contribution in [0.4, 0.5) is 10.3 Å². The lowest BCUT2D eigenvalue weighted by Crippen LogP contribution is -3.00. The first kappa shape index (κ1) is 15.4. The molecule has 0 radical (unpaired) electrons. The molecule has 90 valence electrons. The monoisotopic (exact) mass is 296 g/mol. The minimum Gasteiger partial charge on any atom is -1.00 e. The molecule has 0 aromatic carbocycles. The largest absolute Gasteiger partial charge is 1.00 e. The van der Waals surface area contributed by atoms with Gasteiger partial charge in [0.05, 0.1) is 6.54 Å². The van der Waals surface area contributed by atoms with Crippen LogP contribution in [0.25, 0.3) is 0 Å². The number of rotatable bonds is 4. The Bertz CT molecular complexity index is 390. The van der Waals surface area contributed by atoms with Crippen molar-refractivity contribution < 1.29 is 24.8 Å². The van der Waals surface area contributed by atoms with Crippen molar-refractivity contribution in [3.05, 3.63) is 22.7 Å². The van der Waals surface area contributed by atoms with E-state index in [1.165, 1.54) is 4.88 Å². The summed E-state index contributed by atoms with van der Waals surface area (Å²) in [6, 6.07) is 0. The zero-order valence-electron chi connectivity index (χ0n) is 8.41. The molecule has 0 unspecified atom stereocenters. The maximum absolute atomic E-state index is 4.19. The van der Waals surface area contributed by atoms with Gasteiger partial charge in [-0.3, -0.25) is 0 Å². The van der Waals surface area contributed by atoms with Crippen molar-refractivity contribution >= 4 is 32.9 Å². The molecule has 0 atom stereocenters. The molecule has 0 saturated carbocycles. The highest BCUT2D eigenvalue weighted by Gasteiger charge is 2.00. The smallest absolute Gasteiger partial charge is 0.182 e. The first-order valence-corrected chi connectivity index (χ1v) is 5.84. The number of nitrogens with zero attached hydrogens (tertiary/aromatic N) is 2. The predicted octanol–water partition coefficient (Wildman–Crippen LogP) is -3.74. The summed E-state index contributed by atoms with van der Waals surface area (Å²) >= 11 is 3.25. The molecule has 8 heteroatoms. The van der Waals surface area contributed by atoms with Gasteiger partial charge in [-0.2, -0.15) is 0 Å². The fourth-order valence-corrected chi connectivity index (χ4v) is 2.21. The van der Waals surface area contributed by atoms with Gasteiger partial charge in [-0.15, -0.1) is 22.7 Å². The Morgan fingerprint density at radius 1 is 1.25 bits per heavy atom. The van der Waals surface area contributed by atoms with Crippen LogP contribution in [0.1, 0.15) is 4.88 Å². The van der Waals surface area contributed by atoms with E-state index >= 15 is 0 Å². The van der Waals surface area contributed by atoms with Gasteiger partial charge >= 0.3 is 0 Å². The summed E-state index contributed by atoms with van der Waals surface area (Å²) in [4.78, 5) is 9.52. The van der Waals surface area contributed by atoms with Crippen LogP contribution in [-0.4, -0.2) is 17.0 Å². The summed E-state index contributed by atoms with van der Waals surface area (Å²) in [5.41, 5.74) is 0.